The van der Waals surface area contributed by atoms with Gasteiger partial charge in [0.15, 0.2) is 5.88 Å². The molecule has 62 valence electrons. The lowest BCUT2D eigenvalue weighted by Gasteiger charge is -2.07. The molecule has 0 spiro atoms. The van der Waals surface area contributed by atoms with Crippen LogP contribution in [-0.4, -0.2) is 21.8 Å². The molecule has 1 aromatic heterocycles. The Labute approximate surface area is 64.7 Å². The molecule has 0 radical (unpaired) electrons. The topological polar surface area (TPSA) is 82.3 Å². The molecular formula is C7H12N2O2. The number of aliphatic hydroxyl groups excluding tert-OH is 1. The van der Waals surface area contributed by atoms with E-state index >= 15 is 0 Å². The molecule has 1 heterocycles. The van der Waals surface area contributed by atoms with E-state index in [0.29, 0.717) is 12.0 Å². The first-order valence-corrected chi connectivity index (χ1v) is 3.48. The monoisotopic (exact) mass is 156 g/mol. The molecule has 0 aliphatic heterocycles. The van der Waals surface area contributed by atoms with E-state index in [2.05, 4.69) is 4.98 Å². The lowest BCUT2D eigenvalue weighted by atomic mass is 10.1. The Balaban J connectivity index is 2.67. The van der Waals surface area contributed by atoms with E-state index in [1.165, 1.54) is 0 Å². The SMILES string of the molecule is NC(CCO)c1cc[nH]c1O. The number of hydrogen-bond donors (Lipinski definition) is 4. The molecule has 0 bridgehead atoms. The third kappa shape index (κ3) is 1.72. The number of aliphatic hydroxyl groups is 1. The van der Waals surface area contributed by atoms with Gasteiger partial charge < -0.3 is 20.9 Å². The van der Waals surface area contributed by atoms with Gasteiger partial charge in [-0.1, -0.05) is 0 Å². The van der Waals surface area contributed by atoms with Crippen molar-refractivity contribution in [3.8, 4) is 5.88 Å². The molecule has 1 unspecified atom stereocenters. The summed E-state index contributed by atoms with van der Waals surface area (Å²) < 4.78 is 0. The Bertz CT molecular complexity index is 222. The van der Waals surface area contributed by atoms with Crippen molar-refractivity contribution < 1.29 is 10.2 Å². The van der Waals surface area contributed by atoms with Crippen molar-refractivity contribution in [2.24, 2.45) is 5.73 Å². The van der Waals surface area contributed by atoms with Crippen LogP contribution in [0, 0.1) is 0 Å². The molecule has 4 heteroatoms. The summed E-state index contributed by atoms with van der Waals surface area (Å²) in [5.41, 5.74) is 6.26. The highest BCUT2D eigenvalue weighted by atomic mass is 16.3. The summed E-state index contributed by atoms with van der Waals surface area (Å²) in [6.45, 7) is 0.0335. The van der Waals surface area contributed by atoms with Gasteiger partial charge in [-0.2, -0.15) is 0 Å². The van der Waals surface area contributed by atoms with E-state index in [-0.39, 0.29) is 18.5 Å². The van der Waals surface area contributed by atoms with Gasteiger partial charge in [-0.05, 0) is 12.5 Å². The fourth-order valence-corrected chi connectivity index (χ4v) is 0.966. The van der Waals surface area contributed by atoms with Crippen LogP contribution < -0.4 is 5.73 Å². The van der Waals surface area contributed by atoms with Crippen molar-refractivity contribution in [1.82, 2.24) is 4.98 Å². The molecule has 1 rings (SSSR count). The van der Waals surface area contributed by atoms with Crippen LogP contribution in [0.25, 0.3) is 0 Å². The lowest BCUT2D eigenvalue weighted by molar-refractivity contribution is 0.275. The second-order valence-corrected chi connectivity index (χ2v) is 2.40. The van der Waals surface area contributed by atoms with Gasteiger partial charge in [-0.25, -0.2) is 0 Å². The molecule has 0 amide bonds. The summed E-state index contributed by atoms with van der Waals surface area (Å²) in [5.74, 6) is 0.0888. The quantitative estimate of drug-likeness (QED) is 0.501. The Morgan fingerprint density at radius 1 is 1.64 bits per heavy atom. The minimum Gasteiger partial charge on any atom is -0.494 e. The number of aromatic hydroxyl groups is 1. The van der Waals surface area contributed by atoms with E-state index in [1.54, 1.807) is 12.3 Å². The van der Waals surface area contributed by atoms with Gasteiger partial charge in [0.25, 0.3) is 0 Å². The number of rotatable bonds is 3. The lowest BCUT2D eigenvalue weighted by Crippen LogP contribution is -2.11. The van der Waals surface area contributed by atoms with Gasteiger partial charge in [0.2, 0.25) is 0 Å². The van der Waals surface area contributed by atoms with Crippen LogP contribution in [0.5, 0.6) is 5.88 Å². The molecular weight excluding hydrogens is 144 g/mol. The van der Waals surface area contributed by atoms with Gasteiger partial charge in [0.1, 0.15) is 0 Å². The molecule has 1 aromatic rings. The molecule has 0 aliphatic carbocycles. The average molecular weight is 156 g/mol. The minimum atomic E-state index is -0.286. The molecule has 5 N–H and O–H groups in total. The van der Waals surface area contributed by atoms with E-state index in [9.17, 15) is 0 Å². The van der Waals surface area contributed by atoms with Crippen LogP contribution in [-0.2, 0) is 0 Å². The third-order valence-corrected chi connectivity index (χ3v) is 1.60. The second-order valence-electron chi connectivity index (χ2n) is 2.40. The van der Waals surface area contributed by atoms with Gasteiger partial charge in [0, 0.05) is 24.4 Å². The van der Waals surface area contributed by atoms with Gasteiger partial charge in [0.05, 0.1) is 0 Å². The fraction of sp³-hybridized carbons (Fsp3) is 0.429. The summed E-state index contributed by atoms with van der Waals surface area (Å²) in [7, 11) is 0. The van der Waals surface area contributed by atoms with Gasteiger partial charge in [-0.15, -0.1) is 0 Å². The van der Waals surface area contributed by atoms with Crippen LogP contribution in [0.15, 0.2) is 12.3 Å². The highest BCUT2D eigenvalue weighted by Crippen LogP contribution is 2.21. The smallest absolute Gasteiger partial charge is 0.193 e. The maximum absolute atomic E-state index is 9.13. The standard InChI is InChI=1S/C7H12N2O2/c8-6(2-4-10)5-1-3-9-7(5)11/h1,3,6,9-11H,2,4,8H2. The van der Waals surface area contributed by atoms with Gasteiger partial charge in [-0.3, -0.25) is 0 Å². The predicted molar refractivity (Wildman–Crippen MR) is 41.1 cm³/mol. The summed E-state index contributed by atoms with van der Waals surface area (Å²) >= 11 is 0. The number of nitrogens with one attached hydrogen (secondary N) is 1. The number of aromatic amines is 1. The van der Waals surface area contributed by atoms with Crippen molar-refractivity contribution in [1.29, 1.82) is 0 Å². The van der Waals surface area contributed by atoms with Crippen molar-refractivity contribution in [2.45, 2.75) is 12.5 Å². The molecule has 0 aromatic carbocycles. The highest BCUT2D eigenvalue weighted by molar-refractivity contribution is 5.28. The molecule has 0 fully saturated rings. The van der Waals surface area contributed by atoms with Crippen LogP contribution in [0.3, 0.4) is 0 Å². The van der Waals surface area contributed by atoms with Crippen molar-refractivity contribution in [3.63, 3.8) is 0 Å². The maximum atomic E-state index is 9.13. The minimum absolute atomic E-state index is 0.0335. The highest BCUT2D eigenvalue weighted by Gasteiger charge is 2.09. The van der Waals surface area contributed by atoms with E-state index in [1.807, 2.05) is 0 Å². The number of nitrogens with two attached hydrogens (primary N) is 1. The molecule has 0 saturated carbocycles. The summed E-state index contributed by atoms with van der Waals surface area (Å²) in [6, 6.07) is 1.42. The molecule has 1 atom stereocenters. The van der Waals surface area contributed by atoms with E-state index in [4.69, 9.17) is 15.9 Å². The molecule has 11 heavy (non-hydrogen) atoms. The van der Waals surface area contributed by atoms with Crippen molar-refractivity contribution >= 4 is 0 Å². The average Bonchev–Trinajstić information content (AvgIpc) is 2.36. The molecule has 4 nitrogen and oxygen atoms in total. The van der Waals surface area contributed by atoms with Crippen molar-refractivity contribution in [2.75, 3.05) is 6.61 Å². The zero-order chi connectivity index (χ0) is 8.27. The van der Waals surface area contributed by atoms with E-state index < -0.39 is 0 Å². The normalized spacial score (nSPS) is 13.3. The first kappa shape index (κ1) is 8.10. The predicted octanol–water partition coefficient (Wildman–Crippen LogP) is 0.102. The first-order valence-electron chi connectivity index (χ1n) is 3.48. The molecule has 0 aliphatic rings. The fourth-order valence-electron chi connectivity index (χ4n) is 0.966. The number of H-pyrrole nitrogens is 1. The first-order chi connectivity index (χ1) is 5.25. The summed E-state index contributed by atoms with van der Waals surface area (Å²) in [4.78, 5) is 2.60. The Hall–Kier alpha value is -1.00. The van der Waals surface area contributed by atoms with Gasteiger partial charge >= 0.3 is 0 Å². The Morgan fingerprint density at radius 2 is 2.36 bits per heavy atom. The Kier molecular flexibility index (Phi) is 2.51. The maximum Gasteiger partial charge on any atom is 0.193 e. The number of hydrogen-bond acceptors (Lipinski definition) is 3. The zero-order valence-electron chi connectivity index (χ0n) is 6.12. The van der Waals surface area contributed by atoms with Crippen LogP contribution in [0.4, 0.5) is 0 Å². The second kappa shape index (κ2) is 3.41. The molecule has 0 saturated heterocycles. The van der Waals surface area contributed by atoms with E-state index in [0.717, 1.165) is 0 Å². The van der Waals surface area contributed by atoms with Crippen LogP contribution >= 0.6 is 0 Å². The van der Waals surface area contributed by atoms with Crippen LogP contribution in [0.1, 0.15) is 18.0 Å². The largest absolute Gasteiger partial charge is 0.494 e. The zero-order valence-corrected chi connectivity index (χ0v) is 6.12. The Morgan fingerprint density at radius 3 is 2.82 bits per heavy atom. The van der Waals surface area contributed by atoms with Crippen molar-refractivity contribution in [3.05, 3.63) is 17.8 Å². The summed E-state index contributed by atoms with van der Waals surface area (Å²) in [6.07, 6.45) is 2.08. The number of aromatic nitrogens is 1. The summed E-state index contributed by atoms with van der Waals surface area (Å²) in [5, 5.41) is 17.7. The van der Waals surface area contributed by atoms with Crippen LogP contribution in [0.2, 0.25) is 0 Å². The third-order valence-electron chi connectivity index (χ3n) is 1.60.